The van der Waals surface area contributed by atoms with Crippen molar-refractivity contribution in [1.82, 2.24) is 14.6 Å². The Labute approximate surface area is 214 Å². The molecular formula is C23H38ClN5O5S. The van der Waals surface area contributed by atoms with E-state index in [1.165, 1.54) is 33.3 Å². The third-order valence-corrected chi connectivity index (χ3v) is 5.90. The van der Waals surface area contributed by atoms with Crippen LogP contribution in [0.5, 0.6) is 5.75 Å². The number of aromatic hydroxyl groups is 1. The van der Waals surface area contributed by atoms with Crippen LogP contribution in [0.2, 0.25) is 5.02 Å². The van der Waals surface area contributed by atoms with E-state index in [1.54, 1.807) is 6.08 Å². The molecule has 35 heavy (non-hydrogen) atoms. The zero-order chi connectivity index (χ0) is 27.8. The van der Waals surface area contributed by atoms with Crippen molar-refractivity contribution in [3.8, 4) is 18.6 Å². The molecule has 0 unspecified atom stereocenters. The van der Waals surface area contributed by atoms with Gasteiger partial charge in [-0.25, -0.2) is 17.4 Å². The van der Waals surface area contributed by atoms with Crippen LogP contribution in [0.15, 0.2) is 33.5 Å². The molecule has 1 aromatic carbocycles. The van der Waals surface area contributed by atoms with Crippen molar-refractivity contribution < 1.29 is 22.9 Å². The van der Waals surface area contributed by atoms with Crippen LogP contribution >= 0.6 is 11.6 Å². The summed E-state index contributed by atoms with van der Waals surface area (Å²) in [5.74, 6) is 1.35. The van der Waals surface area contributed by atoms with Crippen LogP contribution in [0.25, 0.3) is 0 Å². The second kappa shape index (κ2) is 17.5. The van der Waals surface area contributed by atoms with Crippen LogP contribution in [0, 0.1) is 18.8 Å². The molecule has 0 spiro atoms. The molecule has 0 aliphatic rings. The van der Waals surface area contributed by atoms with E-state index in [1.807, 2.05) is 20.8 Å². The van der Waals surface area contributed by atoms with Gasteiger partial charge in [0.25, 0.3) is 0 Å². The van der Waals surface area contributed by atoms with Gasteiger partial charge in [-0.1, -0.05) is 46.2 Å². The maximum Gasteiger partial charge on any atom is 0.247 e. The van der Waals surface area contributed by atoms with Crippen molar-refractivity contribution in [2.45, 2.75) is 46.4 Å². The minimum absolute atomic E-state index is 0.0663. The van der Waals surface area contributed by atoms with E-state index < -0.39 is 20.7 Å². The van der Waals surface area contributed by atoms with Crippen molar-refractivity contribution in [2.24, 2.45) is 5.92 Å². The summed E-state index contributed by atoms with van der Waals surface area (Å²) in [6.45, 7) is 12.6. The van der Waals surface area contributed by atoms with Gasteiger partial charge >= 0.3 is 0 Å². The lowest BCUT2D eigenvalue weighted by atomic mass is 10.3. The zero-order valence-electron chi connectivity index (χ0n) is 21.9. The Morgan fingerprint density at radius 1 is 1.23 bits per heavy atom. The maximum absolute atomic E-state index is 12.4. The fraction of sp³-hybridized carbons (Fsp3) is 0.478. The number of rotatable bonds is 8. The number of phenolic OH excluding ortho intramolecular Hbond substituents is 1. The van der Waals surface area contributed by atoms with E-state index >= 15 is 0 Å². The third kappa shape index (κ3) is 10.9. The van der Waals surface area contributed by atoms with Crippen molar-refractivity contribution >= 4 is 38.9 Å². The Morgan fingerprint density at radius 2 is 1.74 bits per heavy atom. The number of nitrogens with zero attached hydrogens (tertiary/aromatic N) is 3. The van der Waals surface area contributed by atoms with E-state index in [-0.39, 0.29) is 22.3 Å². The van der Waals surface area contributed by atoms with Crippen molar-refractivity contribution in [2.75, 3.05) is 38.4 Å². The average molecular weight is 532 g/mol. The van der Waals surface area contributed by atoms with Crippen LogP contribution in [0.1, 0.15) is 41.5 Å². The molecule has 0 aliphatic carbocycles. The molecule has 0 bridgehead atoms. The molecule has 0 radical (unpaired) electrons. The van der Waals surface area contributed by atoms with Gasteiger partial charge in [0.15, 0.2) is 5.75 Å². The van der Waals surface area contributed by atoms with Gasteiger partial charge in [-0.2, -0.15) is 0 Å². The van der Waals surface area contributed by atoms with Gasteiger partial charge in [-0.15, -0.1) is 12.8 Å². The second-order valence-corrected chi connectivity index (χ2v) is 9.69. The van der Waals surface area contributed by atoms with Gasteiger partial charge in [-0.05, 0) is 41.4 Å². The Kier molecular flexibility index (Phi) is 17.1. The number of phenols is 1. The smallest absolute Gasteiger partial charge is 0.247 e. The van der Waals surface area contributed by atoms with Gasteiger partial charge in [-0.3, -0.25) is 0 Å². The van der Waals surface area contributed by atoms with E-state index in [9.17, 15) is 13.5 Å². The SMILES string of the molecule is C#C.C/C=C(/CNc1nonc1Nc1ccc(Cl)c(S(=O)(=O)N(C)C)c1O)OC.CC.CC(C)C. The summed E-state index contributed by atoms with van der Waals surface area (Å²) in [5.41, 5.74) is 0.0663. The lowest BCUT2D eigenvalue weighted by molar-refractivity contribution is 0.288. The first-order valence-electron chi connectivity index (χ1n) is 10.8. The summed E-state index contributed by atoms with van der Waals surface area (Å²) >= 11 is 5.99. The largest absolute Gasteiger partial charge is 0.504 e. The number of anilines is 3. The summed E-state index contributed by atoms with van der Waals surface area (Å²) in [4.78, 5) is -0.416. The number of hydrogen-bond donors (Lipinski definition) is 3. The topological polar surface area (TPSA) is 130 Å². The maximum atomic E-state index is 12.4. The average Bonchev–Trinajstić information content (AvgIpc) is 3.25. The molecule has 2 rings (SSSR count). The minimum Gasteiger partial charge on any atom is -0.504 e. The lowest BCUT2D eigenvalue weighted by Crippen LogP contribution is -2.22. The summed E-state index contributed by atoms with van der Waals surface area (Å²) in [6.07, 6.45) is 9.77. The second-order valence-electron chi connectivity index (χ2n) is 7.19. The van der Waals surface area contributed by atoms with E-state index in [2.05, 4.69) is 54.6 Å². The van der Waals surface area contributed by atoms with Crippen molar-refractivity contribution in [3.63, 3.8) is 0 Å². The standard InChI is InChI=1S/C15H20ClN5O5S.C4H10.C2H6.C2H2/c1-5-9(25-4)8-17-14-15(20-26-19-14)18-11-7-6-10(16)13(12(11)22)27(23,24)21(2)3;1-4(2)3;2*1-2/h5-7,22H,8H2,1-4H3,(H,17,19)(H,18,20);4H,1-3H3;1-2H3;1-2H/b9-5-;;;. The molecule has 0 atom stereocenters. The van der Waals surface area contributed by atoms with Crippen LogP contribution < -0.4 is 10.6 Å². The number of allylic oxidation sites excluding steroid dienone is 1. The predicted octanol–water partition coefficient (Wildman–Crippen LogP) is 5.32. The van der Waals surface area contributed by atoms with Crippen LogP contribution in [0.3, 0.4) is 0 Å². The zero-order valence-corrected chi connectivity index (χ0v) is 23.5. The van der Waals surface area contributed by atoms with Crippen LogP contribution in [-0.2, 0) is 14.8 Å². The van der Waals surface area contributed by atoms with Crippen LogP contribution in [-0.4, -0.2) is 55.9 Å². The summed E-state index contributed by atoms with van der Waals surface area (Å²) in [7, 11) is 0.245. The highest BCUT2D eigenvalue weighted by molar-refractivity contribution is 7.89. The highest BCUT2D eigenvalue weighted by Crippen LogP contribution is 2.39. The number of sulfonamides is 1. The molecule has 0 amide bonds. The van der Waals surface area contributed by atoms with E-state index in [0.29, 0.717) is 12.3 Å². The summed E-state index contributed by atoms with van der Waals surface area (Å²) < 4.78 is 35.6. The molecule has 0 aliphatic heterocycles. The number of hydrogen-bond acceptors (Lipinski definition) is 9. The molecular weight excluding hydrogens is 494 g/mol. The number of halogens is 1. The van der Waals surface area contributed by atoms with Gasteiger partial charge in [0.2, 0.25) is 21.7 Å². The quantitative estimate of drug-likeness (QED) is 0.235. The Bertz CT molecular complexity index is 1030. The first kappa shape index (κ1) is 34.2. The molecule has 1 aromatic heterocycles. The molecule has 0 saturated heterocycles. The van der Waals surface area contributed by atoms with E-state index in [0.717, 1.165) is 10.2 Å². The summed E-state index contributed by atoms with van der Waals surface area (Å²) in [5, 5.41) is 23.5. The number of terminal acetylenes is 1. The highest BCUT2D eigenvalue weighted by Gasteiger charge is 2.27. The Balaban J connectivity index is 0. The normalized spacial score (nSPS) is 10.7. The predicted molar refractivity (Wildman–Crippen MR) is 143 cm³/mol. The van der Waals surface area contributed by atoms with Gasteiger partial charge in [0, 0.05) is 14.1 Å². The van der Waals surface area contributed by atoms with Crippen molar-refractivity contribution in [3.05, 3.63) is 29.0 Å². The van der Waals surface area contributed by atoms with Crippen molar-refractivity contribution in [1.29, 1.82) is 0 Å². The fourth-order valence-corrected chi connectivity index (χ4v) is 3.53. The molecule has 2 aromatic rings. The first-order valence-corrected chi connectivity index (χ1v) is 12.6. The molecule has 198 valence electrons. The molecule has 0 fully saturated rings. The van der Waals surface area contributed by atoms with E-state index in [4.69, 9.17) is 21.0 Å². The lowest BCUT2D eigenvalue weighted by Gasteiger charge is -2.16. The third-order valence-electron chi connectivity index (χ3n) is 3.58. The number of methoxy groups -OCH3 is 1. The van der Waals surface area contributed by atoms with Gasteiger partial charge in [0.1, 0.15) is 10.7 Å². The number of ether oxygens (including phenoxy) is 1. The molecule has 12 heteroatoms. The van der Waals surface area contributed by atoms with Gasteiger partial charge in [0.05, 0.1) is 24.4 Å². The number of nitrogens with one attached hydrogen (secondary N) is 2. The Hall–Kier alpha value is -2.94. The first-order chi connectivity index (χ1) is 16.4. The molecule has 10 nitrogen and oxygen atoms in total. The molecule has 3 N–H and O–H groups in total. The highest BCUT2D eigenvalue weighted by atomic mass is 35.5. The van der Waals surface area contributed by atoms with Gasteiger partial charge < -0.3 is 20.5 Å². The molecule has 0 saturated carbocycles. The fourth-order valence-electron chi connectivity index (χ4n) is 2.05. The summed E-state index contributed by atoms with van der Waals surface area (Å²) in [6, 6.07) is 2.76. The van der Waals surface area contributed by atoms with Crippen LogP contribution in [0.4, 0.5) is 17.3 Å². The number of benzene rings is 1. The Morgan fingerprint density at radius 3 is 2.20 bits per heavy atom. The number of aromatic nitrogens is 2. The minimum atomic E-state index is -3.97. The monoisotopic (exact) mass is 531 g/mol. The molecule has 1 heterocycles.